The van der Waals surface area contributed by atoms with Crippen LogP contribution in [-0.4, -0.2) is 19.5 Å². The van der Waals surface area contributed by atoms with Crippen LogP contribution in [0.3, 0.4) is 0 Å². The Balaban J connectivity index is 2.45. The Morgan fingerprint density at radius 1 is 1.31 bits per heavy atom. The fourth-order valence-electron chi connectivity index (χ4n) is 1.56. The van der Waals surface area contributed by atoms with Gasteiger partial charge in [-0.1, -0.05) is 23.8 Å². The predicted octanol–water partition coefficient (Wildman–Crippen LogP) is 1.53. The second-order valence-corrected chi connectivity index (χ2v) is 4.06. The topological polar surface area (TPSA) is 41.1 Å². The molecule has 0 bridgehead atoms. The maximum Gasteiger partial charge on any atom is 0.221 e. The van der Waals surface area contributed by atoms with Crippen molar-refractivity contribution in [2.75, 3.05) is 13.6 Å². The summed E-state index contributed by atoms with van der Waals surface area (Å²) in [5.74, 6) is 0.0920. The maximum absolute atomic E-state index is 11.4. The number of hydrogen-bond donors (Lipinski definition) is 2. The van der Waals surface area contributed by atoms with Gasteiger partial charge in [0.05, 0.1) is 0 Å². The zero-order valence-electron chi connectivity index (χ0n) is 10.3. The van der Waals surface area contributed by atoms with Crippen LogP contribution in [0.25, 0.3) is 0 Å². The molecule has 3 heteroatoms. The molecule has 88 valence electrons. The van der Waals surface area contributed by atoms with Gasteiger partial charge in [0, 0.05) is 19.5 Å². The summed E-state index contributed by atoms with van der Waals surface area (Å²) in [7, 11) is 1.84. The standard InChI is InChI=1S/C13H20N2O/c1-10-4-5-12(11(2)8-10)9-15-13(16)6-7-14-3/h4-5,8,14H,6-7,9H2,1-3H3,(H,15,16). The molecule has 0 spiro atoms. The van der Waals surface area contributed by atoms with Crippen molar-refractivity contribution in [1.29, 1.82) is 0 Å². The lowest BCUT2D eigenvalue weighted by Crippen LogP contribution is -2.26. The zero-order valence-corrected chi connectivity index (χ0v) is 10.3. The van der Waals surface area contributed by atoms with E-state index < -0.39 is 0 Å². The largest absolute Gasteiger partial charge is 0.352 e. The molecule has 0 saturated carbocycles. The number of benzene rings is 1. The summed E-state index contributed by atoms with van der Waals surface area (Å²) < 4.78 is 0. The van der Waals surface area contributed by atoms with Crippen LogP contribution in [0.4, 0.5) is 0 Å². The lowest BCUT2D eigenvalue weighted by molar-refractivity contribution is -0.121. The monoisotopic (exact) mass is 220 g/mol. The number of amides is 1. The fraction of sp³-hybridized carbons (Fsp3) is 0.462. The lowest BCUT2D eigenvalue weighted by Gasteiger charge is -2.08. The molecule has 0 saturated heterocycles. The van der Waals surface area contributed by atoms with Crippen molar-refractivity contribution in [3.05, 3.63) is 34.9 Å². The van der Waals surface area contributed by atoms with E-state index in [9.17, 15) is 4.79 Å². The molecule has 0 aliphatic heterocycles. The van der Waals surface area contributed by atoms with E-state index in [0.717, 1.165) is 6.54 Å². The number of hydrogen-bond acceptors (Lipinski definition) is 2. The van der Waals surface area contributed by atoms with Gasteiger partial charge in [-0.15, -0.1) is 0 Å². The van der Waals surface area contributed by atoms with Crippen molar-refractivity contribution < 1.29 is 4.79 Å². The molecule has 0 heterocycles. The summed E-state index contributed by atoms with van der Waals surface area (Å²) in [6.07, 6.45) is 0.529. The first-order valence-electron chi connectivity index (χ1n) is 5.61. The third-order valence-electron chi connectivity index (χ3n) is 2.58. The highest BCUT2D eigenvalue weighted by atomic mass is 16.1. The SMILES string of the molecule is CNCCC(=O)NCc1ccc(C)cc1C. The second kappa shape index (κ2) is 6.28. The minimum atomic E-state index is 0.0920. The number of carbonyl (C=O) groups is 1. The van der Waals surface area contributed by atoms with Gasteiger partial charge in [-0.2, -0.15) is 0 Å². The Kier molecular flexibility index (Phi) is 4.99. The second-order valence-electron chi connectivity index (χ2n) is 4.06. The van der Waals surface area contributed by atoms with Crippen molar-refractivity contribution >= 4 is 5.91 Å². The summed E-state index contributed by atoms with van der Waals surface area (Å²) >= 11 is 0. The normalized spacial score (nSPS) is 10.2. The maximum atomic E-state index is 11.4. The summed E-state index contributed by atoms with van der Waals surface area (Å²) in [6.45, 7) is 5.48. The van der Waals surface area contributed by atoms with E-state index in [-0.39, 0.29) is 5.91 Å². The quantitative estimate of drug-likeness (QED) is 0.790. The molecule has 0 aliphatic carbocycles. The summed E-state index contributed by atoms with van der Waals surface area (Å²) in [6, 6.07) is 6.28. The predicted molar refractivity (Wildman–Crippen MR) is 66.3 cm³/mol. The van der Waals surface area contributed by atoms with Crippen molar-refractivity contribution in [3.63, 3.8) is 0 Å². The fourth-order valence-corrected chi connectivity index (χ4v) is 1.56. The van der Waals surface area contributed by atoms with Crippen LogP contribution < -0.4 is 10.6 Å². The van der Waals surface area contributed by atoms with Crippen LogP contribution in [0.2, 0.25) is 0 Å². The third-order valence-corrected chi connectivity index (χ3v) is 2.58. The first kappa shape index (κ1) is 12.7. The minimum Gasteiger partial charge on any atom is -0.352 e. The molecular weight excluding hydrogens is 200 g/mol. The molecule has 0 atom stereocenters. The molecular formula is C13H20N2O. The molecule has 1 aromatic carbocycles. The highest BCUT2D eigenvalue weighted by Crippen LogP contribution is 2.09. The van der Waals surface area contributed by atoms with E-state index >= 15 is 0 Å². The highest BCUT2D eigenvalue weighted by Gasteiger charge is 2.02. The Hall–Kier alpha value is -1.35. The van der Waals surface area contributed by atoms with Crippen molar-refractivity contribution in [2.24, 2.45) is 0 Å². The number of rotatable bonds is 5. The van der Waals surface area contributed by atoms with Gasteiger partial charge in [0.25, 0.3) is 0 Å². The molecule has 0 aliphatic rings. The molecule has 0 radical (unpaired) electrons. The van der Waals surface area contributed by atoms with Gasteiger partial charge in [0.2, 0.25) is 5.91 Å². The van der Waals surface area contributed by atoms with Crippen molar-refractivity contribution in [1.82, 2.24) is 10.6 Å². The van der Waals surface area contributed by atoms with Crippen LogP contribution in [0, 0.1) is 13.8 Å². The molecule has 16 heavy (non-hydrogen) atoms. The first-order valence-corrected chi connectivity index (χ1v) is 5.61. The molecule has 2 N–H and O–H groups in total. The number of aryl methyl sites for hydroxylation is 2. The van der Waals surface area contributed by atoms with E-state index in [1.54, 1.807) is 0 Å². The van der Waals surface area contributed by atoms with Crippen LogP contribution >= 0.6 is 0 Å². The van der Waals surface area contributed by atoms with Crippen LogP contribution in [0.1, 0.15) is 23.1 Å². The van der Waals surface area contributed by atoms with Gasteiger partial charge in [-0.05, 0) is 32.0 Å². The lowest BCUT2D eigenvalue weighted by atomic mass is 10.1. The van der Waals surface area contributed by atoms with E-state index in [1.807, 2.05) is 7.05 Å². The summed E-state index contributed by atoms with van der Waals surface area (Å²) in [5, 5.41) is 5.87. The summed E-state index contributed by atoms with van der Waals surface area (Å²) in [5.41, 5.74) is 3.67. The van der Waals surface area contributed by atoms with E-state index in [4.69, 9.17) is 0 Å². The summed E-state index contributed by atoms with van der Waals surface area (Å²) in [4.78, 5) is 11.4. The van der Waals surface area contributed by atoms with E-state index in [2.05, 4.69) is 42.7 Å². The zero-order chi connectivity index (χ0) is 12.0. The van der Waals surface area contributed by atoms with Gasteiger partial charge in [0.15, 0.2) is 0 Å². The van der Waals surface area contributed by atoms with Gasteiger partial charge in [-0.3, -0.25) is 4.79 Å². The average Bonchev–Trinajstić information content (AvgIpc) is 2.25. The Bertz CT molecular complexity index is 361. The first-order chi connectivity index (χ1) is 7.63. The van der Waals surface area contributed by atoms with E-state index in [1.165, 1.54) is 16.7 Å². The molecule has 1 aromatic rings. The average molecular weight is 220 g/mol. The number of carbonyl (C=O) groups excluding carboxylic acids is 1. The van der Waals surface area contributed by atoms with Crippen molar-refractivity contribution in [3.8, 4) is 0 Å². The Morgan fingerprint density at radius 2 is 2.06 bits per heavy atom. The van der Waals surface area contributed by atoms with Crippen LogP contribution in [0.5, 0.6) is 0 Å². The molecule has 1 rings (SSSR count). The van der Waals surface area contributed by atoms with Gasteiger partial charge in [-0.25, -0.2) is 0 Å². The third kappa shape index (κ3) is 4.03. The Morgan fingerprint density at radius 3 is 2.69 bits per heavy atom. The van der Waals surface area contributed by atoms with Crippen LogP contribution in [0.15, 0.2) is 18.2 Å². The minimum absolute atomic E-state index is 0.0920. The molecule has 0 unspecified atom stereocenters. The van der Waals surface area contributed by atoms with Gasteiger partial charge in [0.1, 0.15) is 0 Å². The number of nitrogens with one attached hydrogen (secondary N) is 2. The Labute approximate surface area is 97.2 Å². The van der Waals surface area contributed by atoms with Crippen molar-refractivity contribution in [2.45, 2.75) is 26.8 Å². The highest BCUT2D eigenvalue weighted by molar-refractivity contribution is 5.76. The van der Waals surface area contributed by atoms with Gasteiger partial charge >= 0.3 is 0 Å². The molecule has 1 amide bonds. The van der Waals surface area contributed by atoms with Crippen LogP contribution in [-0.2, 0) is 11.3 Å². The van der Waals surface area contributed by atoms with Gasteiger partial charge < -0.3 is 10.6 Å². The molecule has 0 fully saturated rings. The van der Waals surface area contributed by atoms with E-state index in [0.29, 0.717) is 13.0 Å². The smallest absolute Gasteiger partial charge is 0.221 e. The molecule has 0 aromatic heterocycles. The molecule has 3 nitrogen and oxygen atoms in total.